The minimum absolute atomic E-state index is 0.594. The van der Waals surface area contributed by atoms with Crippen molar-refractivity contribution >= 4 is 8.32 Å². The molecule has 1 rings (SSSR count). The standard InChI is InChI=1S/C9H20O2Si/c1-4-11-12(2,3)7-5-6-9-8-10-9/h9H,4-8H2,1-3H3. The number of hydrogen-bond donors (Lipinski definition) is 0. The van der Waals surface area contributed by atoms with Gasteiger partial charge in [-0.25, -0.2) is 0 Å². The Hall–Kier alpha value is 0.137. The van der Waals surface area contributed by atoms with E-state index in [9.17, 15) is 0 Å². The van der Waals surface area contributed by atoms with Crippen molar-refractivity contribution in [2.45, 2.75) is 45.0 Å². The molecule has 0 N–H and O–H groups in total. The Balaban J connectivity index is 2.01. The van der Waals surface area contributed by atoms with E-state index in [1.807, 2.05) is 0 Å². The van der Waals surface area contributed by atoms with Gasteiger partial charge in [-0.2, -0.15) is 0 Å². The smallest absolute Gasteiger partial charge is 0.186 e. The molecule has 0 aromatic carbocycles. The first kappa shape index (κ1) is 10.2. The summed E-state index contributed by atoms with van der Waals surface area (Å²) >= 11 is 0. The van der Waals surface area contributed by atoms with Gasteiger partial charge in [0, 0.05) is 6.61 Å². The molecule has 0 saturated carbocycles. The average Bonchev–Trinajstić information content (AvgIpc) is 2.70. The zero-order valence-corrected chi connectivity index (χ0v) is 9.43. The molecule has 1 aliphatic heterocycles. The van der Waals surface area contributed by atoms with E-state index >= 15 is 0 Å². The summed E-state index contributed by atoms with van der Waals surface area (Å²) in [5.74, 6) is 0. The van der Waals surface area contributed by atoms with Crippen LogP contribution in [0.2, 0.25) is 19.1 Å². The Morgan fingerprint density at radius 3 is 2.67 bits per heavy atom. The van der Waals surface area contributed by atoms with Gasteiger partial charge >= 0.3 is 0 Å². The van der Waals surface area contributed by atoms with Crippen LogP contribution in [0.4, 0.5) is 0 Å². The molecule has 1 saturated heterocycles. The molecule has 1 unspecified atom stereocenters. The molecule has 0 amide bonds. The fourth-order valence-electron chi connectivity index (χ4n) is 1.45. The highest BCUT2D eigenvalue weighted by Crippen LogP contribution is 2.21. The van der Waals surface area contributed by atoms with Gasteiger partial charge in [-0.15, -0.1) is 0 Å². The van der Waals surface area contributed by atoms with Gasteiger partial charge in [-0.3, -0.25) is 0 Å². The lowest BCUT2D eigenvalue weighted by molar-refractivity contribution is 0.326. The summed E-state index contributed by atoms with van der Waals surface area (Å²) in [5.41, 5.74) is 0. The van der Waals surface area contributed by atoms with Crippen molar-refractivity contribution in [1.82, 2.24) is 0 Å². The van der Waals surface area contributed by atoms with Crippen molar-refractivity contribution in [3.05, 3.63) is 0 Å². The van der Waals surface area contributed by atoms with E-state index in [1.165, 1.54) is 18.9 Å². The summed E-state index contributed by atoms with van der Waals surface area (Å²) in [7, 11) is -1.30. The van der Waals surface area contributed by atoms with Crippen molar-refractivity contribution in [2.75, 3.05) is 13.2 Å². The molecular formula is C9H20O2Si. The van der Waals surface area contributed by atoms with Gasteiger partial charge in [0.25, 0.3) is 0 Å². The highest BCUT2D eigenvalue weighted by Gasteiger charge is 2.25. The van der Waals surface area contributed by atoms with Crippen LogP contribution in [0.25, 0.3) is 0 Å². The Morgan fingerprint density at radius 2 is 2.17 bits per heavy atom. The number of ether oxygens (including phenoxy) is 1. The highest BCUT2D eigenvalue weighted by molar-refractivity contribution is 6.71. The molecule has 12 heavy (non-hydrogen) atoms. The van der Waals surface area contributed by atoms with Crippen molar-refractivity contribution in [1.29, 1.82) is 0 Å². The summed E-state index contributed by atoms with van der Waals surface area (Å²) in [5, 5.41) is 0. The second kappa shape index (κ2) is 4.39. The average molecular weight is 188 g/mol. The Kier molecular flexibility index (Phi) is 3.74. The third kappa shape index (κ3) is 4.23. The third-order valence-corrected chi connectivity index (χ3v) is 4.87. The van der Waals surface area contributed by atoms with E-state index in [-0.39, 0.29) is 0 Å². The second-order valence-corrected chi connectivity index (χ2v) is 8.35. The Morgan fingerprint density at radius 1 is 1.50 bits per heavy atom. The summed E-state index contributed by atoms with van der Waals surface area (Å²) in [6, 6.07) is 1.28. The van der Waals surface area contributed by atoms with Gasteiger partial charge in [0.2, 0.25) is 0 Å². The maximum atomic E-state index is 5.73. The van der Waals surface area contributed by atoms with Crippen LogP contribution < -0.4 is 0 Å². The van der Waals surface area contributed by atoms with Gasteiger partial charge in [0.05, 0.1) is 12.7 Å². The topological polar surface area (TPSA) is 21.8 Å². The fraction of sp³-hybridized carbons (Fsp3) is 1.00. The summed E-state index contributed by atoms with van der Waals surface area (Å²) in [4.78, 5) is 0. The van der Waals surface area contributed by atoms with Crippen LogP contribution >= 0.6 is 0 Å². The van der Waals surface area contributed by atoms with Crippen LogP contribution in [0, 0.1) is 0 Å². The zero-order chi connectivity index (χ0) is 9.03. The van der Waals surface area contributed by atoms with E-state index in [1.54, 1.807) is 0 Å². The highest BCUT2D eigenvalue weighted by atomic mass is 28.4. The quantitative estimate of drug-likeness (QED) is 0.471. The van der Waals surface area contributed by atoms with Crippen molar-refractivity contribution < 1.29 is 9.16 Å². The molecule has 0 aliphatic carbocycles. The molecule has 1 heterocycles. The van der Waals surface area contributed by atoms with Gasteiger partial charge in [0.1, 0.15) is 0 Å². The second-order valence-electron chi connectivity index (χ2n) is 4.04. The van der Waals surface area contributed by atoms with E-state index < -0.39 is 8.32 Å². The molecule has 1 fully saturated rings. The Labute approximate surface area is 76.4 Å². The molecule has 0 spiro atoms. The Bertz CT molecular complexity index is 132. The zero-order valence-electron chi connectivity index (χ0n) is 8.43. The maximum absolute atomic E-state index is 5.73. The van der Waals surface area contributed by atoms with Gasteiger partial charge in [-0.05, 0) is 32.5 Å². The molecule has 0 radical (unpaired) electrons. The fourth-order valence-corrected chi connectivity index (χ4v) is 3.43. The maximum Gasteiger partial charge on any atom is 0.186 e. The first-order valence-electron chi connectivity index (χ1n) is 4.89. The number of hydrogen-bond acceptors (Lipinski definition) is 2. The molecule has 72 valence electrons. The summed E-state index contributed by atoms with van der Waals surface area (Å²) in [6.45, 7) is 8.54. The van der Waals surface area contributed by atoms with Crippen LogP contribution in [0.5, 0.6) is 0 Å². The van der Waals surface area contributed by atoms with Crippen molar-refractivity contribution in [2.24, 2.45) is 0 Å². The van der Waals surface area contributed by atoms with Crippen LogP contribution in [0.1, 0.15) is 19.8 Å². The molecule has 0 aromatic heterocycles. The van der Waals surface area contributed by atoms with Crippen LogP contribution in [0.3, 0.4) is 0 Å². The minimum atomic E-state index is -1.30. The summed E-state index contributed by atoms with van der Waals surface area (Å²) < 4.78 is 10.9. The van der Waals surface area contributed by atoms with E-state index in [2.05, 4.69) is 20.0 Å². The van der Waals surface area contributed by atoms with E-state index in [0.29, 0.717) is 6.10 Å². The minimum Gasteiger partial charge on any atom is -0.418 e. The number of epoxide rings is 1. The van der Waals surface area contributed by atoms with Crippen LogP contribution in [-0.4, -0.2) is 27.6 Å². The third-order valence-electron chi connectivity index (χ3n) is 2.24. The lowest BCUT2D eigenvalue weighted by Gasteiger charge is -2.21. The summed E-state index contributed by atoms with van der Waals surface area (Å²) in [6.07, 6.45) is 3.12. The van der Waals surface area contributed by atoms with Gasteiger partial charge in [0.15, 0.2) is 8.32 Å². The largest absolute Gasteiger partial charge is 0.418 e. The van der Waals surface area contributed by atoms with Crippen LogP contribution in [-0.2, 0) is 9.16 Å². The molecule has 1 atom stereocenters. The first-order chi connectivity index (χ1) is 5.64. The predicted molar refractivity (Wildman–Crippen MR) is 52.9 cm³/mol. The van der Waals surface area contributed by atoms with Crippen molar-refractivity contribution in [3.63, 3.8) is 0 Å². The number of rotatable bonds is 6. The molecular weight excluding hydrogens is 168 g/mol. The lowest BCUT2D eigenvalue weighted by Crippen LogP contribution is -2.29. The molecule has 0 aromatic rings. The SMILES string of the molecule is CCO[Si](C)(C)CCCC1CO1. The van der Waals surface area contributed by atoms with Gasteiger partial charge in [-0.1, -0.05) is 6.42 Å². The predicted octanol–water partition coefficient (Wildman–Crippen LogP) is 2.41. The van der Waals surface area contributed by atoms with Crippen molar-refractivity contribution in [3.8, 4) is 0 Å². The van der Waals surface area contributed by atoms with E-state index in [0.717, 1.165) is 13.2 Å². The first-order valence-corrected chi connectivity index (χ1v) is 8.01. The van der Waals surface area contributed by atoms with E-state index in [4.69, 9.17) is 9.16 Å². The monoisotopic (exact) mass is 188 g/mol. The van der Waals surface area contributed by atoms with Gasteiger partial charge < -0.3 is 9.16 Å². The molecule has 1 aliphatic rings. The normalized spacial score (nSPS) is 22.8. The molecule has 3 heteroatoms. The van der Waals surface area contributed by atoms with Crippen LogP contribution in [0.15, 0.2) is 0 Å². The molecule has 0 bridgehead atoms. The molecule has 2 nitrogen and oxygen atoms in total. The lowest BCUT2D eigenvalue weighted by atomic mass is 10.3.